The topological polar surface area (TPSA) is 51.0 Å². The number of rotatable bonds is 6. The smallest absolute Gasteiger partial charge is 0.233 e. The van der Waals surface area contributed by atoms with Crippen LogP contribution in [0.25, 0.3) is 16.5 Å². The number of thioether (sulfide) groups is 1. The Morgan fingerprint density at radius 3 is 2.55 bits per heavy atom. The van der Waals surface area contributed by atoms with Crippen LogP contribution in [0.4, 0.5) is 0 Å². The average Bonchev–Trinajstić information content (AvgIpc) is 3.31. The van der Waals surface area contributed by atoms with Gasteiger partial charge >= 0.3 is 0 Å². The Morgan fingerprint density at radius 1 is 1.07 bits per heavy atom. The first-order valence-electron chi connectivity index (χ1n) is 9.44. The van der Waals surface area contributed by atoms with Crippen molar-refractivity contribution in [1.29, 1.82) is 0 Å². The molecule has 29 heavy (non-hydrogen) atoms. The highest BCUT2D eigenvalue weighted by atomic mass is 32.2. The standard InChI is InChI=1S/C23H22N4OS/c1-17(18-7-10-21(11-8-18)27-16-24-15-25-27)26(2)23(28)14-29-22-12-9-19-5-3-4-6-20(19)13-22/h3-13,15-17H,14H2,1-2H3/t17-/m1/s1. The molecular weight excluding hydrogens is 380 g/mol. The molecule has 1 heterocycles. The zero-order valence-electron chi connectivity index (χ0n) is 16.4. The Hall–Kier alpha value is -3.12. The van der Waals surface area contributed by atoms with E-state index in [0.29, 0.717) is 5.75 Å². The molecule has 1 aromatic heterocycles. The third-order valence-corrected chi connectivity index (χ3v) is 6.09. The van der Waals surface area contributed by atoms with Crippen LogP contribution in [0, 0.1) is 0 Å². The number of aromatic nitrogens is 3. The summed E-state index contributed by atoms with van der Waals surface area (Å²) in [6.07, 6.45) is 3.17. The number of carbonyl (C=O) groups excluding carboxylic acids is 1. The maximum absolute atomic E-state index is 12.7. The molecule has 1 amide bonds. The lowest BCUT2D eigenvalue weighted by molar-refractivity contribution is -0.128. The number of fused-ring (bicyclic) bond motifs is 1. The predicted molar refractivity (Wildman–Crippen MR) is 117 cm³/mol. The quantitative estimate of drug-likeness (QED) is 0.438. The number of hydrogen-bond donors (Lipinski definition) is 0. The minimum absolute atomic E-state index is 0.00972. The summed E-state index contributed by atoms with van der Waals surface area (Å²) in [7, 11) is 1.86. The van der Waals surface area contributed by atoms with Crippen molar-refractivity contribution in [1.82, 2.24) is 19.7 Å². The number of hydrogen-bond acceptors (Lipinski definition) is 4. The number of nitrogens with zero attached hydrogens (tertiary/aromatic N) is 4. The van der Waals surface area contributed by atoms with Gasteiger partial charge < -0.3 is 4.90 Å². The SMILES string of the molecule is C[C@H](c1ccc(-n2cncn2)cc1)N(C)C(=O)CSc1ccc2ccccc2c1. The maximum Gasteiger partial charge on any atom is 0.233 e. The Morgan fingerprint density at radius 2 is 1.83 bits per heavy atom. The Bertz CT molecular complexity index is 1110. The molecule has 0 saturated heterocycles. The Labute approximate surface area is 174 Å². The summed E-state index contributed by atoms with van der Waals surface area (Å²) in [5, 5.41) is 6.54. The first-order valence-corrected chi connectivity index (χ1v) is 10.4. The summed E-state index contributed by atoms with van der Waals surface area (Å²) in [4.78, 5) is 19.6. The average molecular weight is 403 g/mol. The van der Waals surface area contributed by atoms with Crippen LogP contribution in [0.2, 0.25) is 0 Å². The van der Waals surface area contributed by atoms with Crippen LogP contribution >= 0.6 is 11.8 Å². The van der Waals surface area contributed by atoms with Crippen molar-refractivity contribution >= 4 is 28.4 Å². The zero-order chi connectivity index (χ0) is 20.2. The summed E-state index contributed by atoms with van der Waals surface area (Å²) in [5.74, 6) is 0.520. The number of amides is 1. The van der Waals surface area contributed by atoms with Gasteiger partial charge in [-0.2, -0.15) is 5.10 Å². The molecule has 0 aliphatic heterocycles. The second kappa shape index (κ2) is 8.49. The van der Waals surface area contributed by atoms with Gasteiger partial charge in [-0.15, -0.1) is 11.8 Å². The molecule has 146 valence electrons. The molecule has 0 saturated carbocycles. The van der Waals surface area contributed by atoms with Gasteiger partial charge in [-0.3, -0.25) is 4.79 Å². The molecule has 5 nitrogen and oxygen atoms in total. The predicted octanol–water partition coefficient (Wildman–Crippen LogP) is 4.73. The Balaban J connectivity index is 1.38. The zero-order valence-corrected chi connectivity index (χ0v) is 17.2. The number of carbonyl (C=O) groups is 1. The lowest BCUT2D eigenvalue weighted by Crippen LogP contribution is -2.31. The van der Waals surface area contributed by atoms with Crippen molar-refractivity contribution in [2.45, 2.75) is 17.9 Å². The van der Waals surface area contributed by atoms with Crippen molar-refractivity contribution < 1.29 is 4.79 Å². The summed E-state index contributed by atoms with van der Waals surface area (Å²) in [6, 6.07) is 22.6. The number of benzene rings is 3. The lowest BCUT2D eigenvalue weighted by Gasteiger charge is -2.25. The van der Waals surface area contributed by atoms with E-state index < -0.39 is 0 Å². The van der Waals surface area contributed by atoms with E-state index in [-0.39, 0.29) is 11.9 Å². The van der Waals surface area contributed by atoms with Gasteiger partial charge in [-0.05, 0) is 47.5 Å². The third-order valence-electron chi connectivity index (χ3n) is 5.12. The van der Waals surface area contributed by atoms with Crippen molar-refractivity contribution in [3.8, 4) is 5.69 Å². The van der Waals surface area contributed by atoms with Gasteiger partial charge in [0, 0.05) is 11.9 Å². The fourth-order valence-corrected chi connectivity index (χ4v) is 4.06. The van der Waals surface area contributed by atoms with E-state index in [0.717, 1.165) is 16.1 Å². The molecule has 1 atom stereocenters. The van der Waals surface area contributed by atoms with Crippen molar-refractivity contribution in [3.05, 3.63) is 84.9 Å². The first-order chi connectivity index (χ1) is 14.1. The van der Waals surface area contributed by atoms with E-state index in [2.05, 4.69) is 40.4 Å². The van der Waals surface area contributed by atoms with E-state index >= 15 is 0 Å². The maximum atomic E-state index is 12.7. The summed E-state index contributed by atoms with van der Waals surface area (Å²) in [6.45, 7) is 2.04. The molecule has 6 heteroatoms. The molecule has 4 rings (SSSR count). The normalized spacial score (nSPS) is 12.1. The fraction of sp³-hybridized carbons (Fsp3) is 0.174. The monoisotopic (exact) mass is 402 g/mol. The van der Waals surface area contributed by atoms with Crippen molar-refractivity contribution in [2.75, 3.05) is 12.8 Å². The molecule has 0 bridgehead atoms. The summed E-state index contributed by atoms with van der Waals surface area (Å²) >= 11 is 1.58. The van der Waals surface area contributed by atoms with Crippen LogP contribution < -0.4 is 0 Å². The van der Waals surface area contributed by atoms with Gasteiger partial charge in [0.25, 0.3) is 0 Å². The van der Waals surface area contributed by atoms with E-state index in [1.54, 1.807) is 27.7 Å². The van der Waals surface area contributed by atoms with E-state index in [4.69, 9.17) is 0 Å². The van der Waals surface area contributed by atoms with Crippen LogP contribution in [0.5, 0.6) is 0 Å². The summed E-state index contributed by atoms with van der Waals surface area (Å²) < 4.78 is 1.71. The van der Waals surface area contributed by atoms with Gasteiger partial charge in [0.15, 0.2) is 0 Å². The second-order valence-corrected chi connectivity index (χ2v) is 7.96. The molecule has 0 fully saturated rings. The lowest BCUT2D eigenvalue weighted by atomic mass is 10.1. The van der Waals surface area contributed by atoms with Crippen LogP contribution in [0.1, 0.15) is 18.5 Å². The Kier molecular flexibility index (Phi) is 5.62. The van der Waals surface area contributed by atoms with Crippen LogP contribution in [-0.4, -0.2) is 38.4 Å². The minimum atomic E-state index is -0.00972. The van der Waals surface area contributed by atoms with Crippen molar-refractivity contribution in [2.24, 2.45) is 0 Å². The molecule has 0 radical (unpaired) electrons. The van der Waals surface area contributed by atoms with Gasteiger partial charge in [-0.25, -0.2) is 9.67 Å². The molecular formula is C23H22N4OS. The van der Waals surface area contributed by atoms with E-state index in [1.807, 2.05) is 50.4 Å². The van der Waals surface area contributed by atoms with Gasteiger partial charge in [0.1, 0.15) is 12.7 Å². The van der Waals surface area contributed by atoms with Crippen LogP contribution in [-0.2, 0) is 4.79 Å². The fourth-order valence-electron chi connectivity index (χ4n) is 3.19. The van der Waals surface area contributed by atoms with Crippen molar-refractivity contribution in [3.63, 3.8) is 0 Å². The van der Waals surface area contributed by atoms with Crippen LogP contribution in [0.15, 0.2) is 84.3 Å². The highest BCUT2D eigenvalue weighted by Crippen LogP contribution is 2.26. The molecule has 0 N–H and O–H groups in total. The van der Waals surface area contributed by atoms with Crippen LogP contribution in [0.3, 0.4) is 0 Å². The first kappa shape index (κ1) is 19.2. The van der Waals surface area contributed by atoms with Gasteiger partial charge in [0.05, 0.1) is 17.5 Å². The molecule has 0 unspecified atom stereocenters. The van der Waals surface area contributed by atoms with E-state index in [9.17, 15) is 4.79 Å². The molecule has 0 aliphatic rings. The van der Waals surface area contributed by atoms with Gasteiger partial charge in [0.2, 0.25) is 5.91 Å². The molecule has 0 spiro atoms. The molecule has 4 aromatic rings. The third kappa shape index (κ3) is 4.32. The largest absolute Gasteiger partial charge is 0.338 e. The minimum Gasteiger partial charge on any atom is -0.338 e. The highest BCUT2D eigenvalue weighted by Gasteiger charge is 2.17. The summed E-state index contributed by atoms with van der Waals surface area (Å²) in [5.41, 5.74) is 2.03. The highest BCUT2D eigenvalue weighted by molar-refractivity contribution is 8.00. The molecule has 0 aliphatic carbocycles. The van der Waals surface area contributed by atoms with E-state index in [1.165, 1.54) is 17.1 Å². The molecule has 3 aromatic carbocycles. The second-order valence-electron chi connectivity index (χ2n) is 6.91. The van der Waals surface area contributed by atoms with Gasteiger partial charge in [-0.1, -0.05) is 42.5 Å².